The largest absolute Gasteiger partial charge is 0.497 e. The number of nitrogens with zero attached hydrogens (tertiary/aromatic N) is 1. The molecular weight excluding hydrogens is 342 g/mol. The van der Waals surface area contributed by atoms with Crippen LogP contribution < -0.4 is 15.4 Å². The van der Waals surface area contributed by atoms with Gasteiger partial charge < -0.3 is 15.4 Å². The Hall–Kier alpha value is -2.89. The van der Waals surface area contributed by atoms with Crippen molar-refractivity contribution in [2.24, 2.45) is 0 Å². The molecular formula is C21H25N3O3. The number of amides is 2. The first-order valence-corrected chi connectivity index (χ1v) is 9.33. The number of pyridine rings is 1. The van der Waals surface area contributed by atoms with Crippen LogP contribution in [0.5, 0.6) is 5.75 Å². The van der Waals surface area contributed by atoms with Gasteiger partial charge in [-0.15, -0.1) is 0 Å². The van der Waals surface area contributed by atoms with Gasteiger partial charge in [0.05, 0.1) is 18.2 Å². The lowest BCUT2D eigenvalue weighted by Gasteiger charge is -2.12. The van der Waals surface area contributed by atoms with Crippen LogP contribution in [0.2, 0.25) is 0 Å². The number of methoxy groups -OCH3 is 1. The third-order valence-corrected chi connectivity index (χ3v) is 4.79. The fourth-order valence-electron chi connectivity index (χ4n) is 3.28. The second kappa shape index (κ2) is 9.16. The van der Waals surface area contributed by atoms with Crippen molar-refractivity contribution in [3.63, 3.8) is 0 Å². The lowest BCUT2D eigenvalue weighted by atomic mass is 10.1. The molecule has 2 amide bonds. The standard InChI is InChI=1S/C21H25N3O3/c1-27-19-8-4-5-15(11-19)9-10-23-20(25)16-12-17(14-22-13-16)21(26)24-18-6-2-3-7-18/h4-5,8,11-14,18H,2-3,6-7,9-10H2,1H3,(H,23,25)(H,24,26). The number of nitrogens with one attached hydrogen (secondary N) is 2. The molecule has 1 aliphatic carbocycles. The minimum absolute atomic E-state index is 0.166. The Bertz CT molecular complexity index is 801. The van der Waals surface area contributed by atoms with Gasteiger partial charge in [-0.3, -0.25) is 14.6 Å². The minimum atomic E-state index is -0.235. The maximum Gasteiger partial charge on any atom is 0.253 e. The van der Waals surface area contributed by atoms with Crippen LogP contribution in [0, 0.1) is 0 Å². The molecule has 0 unspecified atom stereocenters. The highest BCUT2D eigenvalue weighted by molar-refractivity contribution is 5.99. The molecule has 0 saturated heterocycles. The van der Waals surface area contributed by atoms with Gasteiger partial charge in [0, 0.05) is 25.0 Å². The van der Waals surface area contributed by atoms with Crippen LogP contribution in [-0.4, -0.2) is 36.5 Å². The predicted molar refractivity (Wildman–Crippen MR) is 103 cm³/mol. The van der Waals surface area contributed by atoms with E-state index >= 15 is 0 Å². The second-order valence-corrected chi connectivity index (χ2v) is 6.77. The topological polar surface area (TPSA) is 80.3 Å². The first-order valence-electron chi connectivity index (χ1n) is 9.33. The van der Waals surface area contributed by atoms with E-state index < -0.39 is 0 Å². The third-order valence-electron chi connectivity index (χ3n) is 4.79. The van der Waals surface area contributed by atoms with Crippen LogP contribution in [0.3, 0.4) is 0 Å². The summed E-state index contributed by atoms with van der Waals surface area (Å²) < 4.78 is 5.20. The highest BCUT2D eigenvalue weighted by Gasteiger charge is 2.19. The maximum absolute atomic E-state index is 12.4. The third kappa shape index (κ3) is 5.29. The smallest absolute Gasteiger partial charge is 0.253 e. The van der Waals surface area contributed by atoms with Crippen LogP contribution in [0.1, 0.15) is 52.0 Å². The van der Waals surface area contributed by atoms with E-state index in [9.17, 15) is 9.59 Å². The first-order chi connectivity index (χ1) is 13.2. The molecule has 0 spiro atoms. The quantitative estimate of drug-likeness (QED) is 0.789. The van der Waals surface area contributed by atoms with Crippen molar-refractivity contribution in [1.29, 1.82) is 0 Å². The van der Waals surface area contributed by atoms with Crippen molar-refractivity contribution in [3.8, 4) is 5.75 Å². The van der Waals surface area contributed by atoms with E-state index in [1.807, 2.05) is 24.3 Å². The molecule has 3 rings (SSSR count). The Kier molecular flexibility index (Phi) is 6.41. The molecule has 1 aromatic carbocycles. The molecule has 6 nitrogen and oxygen atoms in total. The van der Waals surface area contributed by atoms with Gasteiger partial charge >= 0.3 is 0 Å². The van der Waals surface area contributed by atoms with E-state index in [1.165, 1.54) is 12.4 Å². The van der Waals surface area contributed by atoms with Crippen LogP contribution in [0.15, 0.2) is 42.7 Å². The normalized spacial score (nSPS) is 14.0. The van der Waals surface area contributed by atoms with E-state index in [2.05, 4.69) is 15.6 Å². The second-order valence-electron chi connectivity index (χ2n) is 6.77. The van der Waals surface area contributed by atoms with Gasteiger partial charge in [-0.05, 0) is 43.0 Å². The van der Waals surface area contributed by atoms with Crippen LogP contribution in [0.25, 0.3) is 0 Å². The SMILES string of the molecule is COc1cccc(CCNC(=O)c2cncc(C(=O)NC3CCCC3)c2)c1. The van der Waals surface area contributed by atoms with Crippen molar-refractivity contribution in [3.05, 3.63) is 59.4 Å². The molecule has 142 valence electrons. The Balaban J connectivity index is 1.54. The molecule has 0 bridgehead atoms. The zero-order chi connectivity index (χ0) is 19.1. The lowest BCUT2D eigenvalue weighted by Crippen LogP contribution is -2.33. The summed E-state index contributed by atoms with van der Waals surface area (Å²) in [7, 11) is 1.63. The number of ether oxygens (including phenoxy) is 1. The van der Waals surface area contributed by atoms with Crippen LogP contribution in [-0.2, 0) is 6.42 Å². The summed E-state index contributed by atoms with van der Waals surface area (Å²) in [6, 6.07) is 9.57. The molecule has 1 aromatic heterocycles. The fourth-order valence-corrected chi connectivity index (χ4v) is 3.28. The summed E-state index contributed by atoms with van der Waals surface area (Å²) in [6.07, 6.45) is 8.01. The summed E-state index contributed by atoms with van der Waals surface area (Å²) in [4.78, 5) is 28.8. The number of benzene rings is 1. The van der Waals surface area contributed by atoms with E-state index in [1.54, 1.807) is 13.2 Å². The predicted octanol–water partition coefficient (Wildman–Crippen LogP) is 2.74. The summed E-state index contributed by atoms with van der Waals surface area (Å²) in [5, 5.41) is 5.89. The van der Waals surface area contributed by atoms with Gasteiger partial charge in [-0.2, -0.15) is 0 Å². The summed E-state index contributed by atoms with van der Waals surface area (Å²) >= 11 is 0. The molecule has 1 saturated carbocycles. The Labute approximate surface area is 159 Å². The molecule has 2 aromatic rings. The highest BCUT2D eigenvalue weighted by Crippen LogP contribution is 2.18. The van der Waals surface area contributed by atoms with E-state index in [0.29, 0.717) is 24.1 Å². The van der Waals surface area contributed by atoms with Crippen molar-refractivity contribution >= 4 is 11.8 Å². The van der Waals surface area contributed by atoms with E-state index in [4.69, 9.17) is 4.74 Å². The van der Waals surface area contributed by atoms with Gasteiger partial charge in [0.1, 0.15) is 5.75 Å². The highest BCUT2D eigenvalue weighted by atomic mass is 16.5. The first kappa shape index (κ1) is 18.9. The van der Waals surface area contributed by atoms with Gasteiger partial charge in [0.15, 0.2) is 0 Å². The summed E-state index contributed by atoms with van der Waals surface area (Å²) in [5.74, 6) is 0.394. The molecule has 6 heteroatoms. The zero-order valence-corrected chi connectivity index (χ0v) is 15.5. The number of rotatable bonds is 7. The van der Waals surface area contributed by atoms with Gasteiger partial charge in [-0.1, -0.05) is 25.0 Å². The molecule has 1 heterocycles. The van der Waals surface area contributed by atoms with Gasteiger partial charge in [0.25, 0.3) is 11.8 Å². The summed E-state index contributed by atoms with van der Waals surface area (Å²) in [6.45, 7) is 0.491. The maximum atomic E-state index is 12.4. The van der Waals surface area contributed by atoms with Crippen molar-refractivity contribution in [2.45, 2.75) is 38.1 Å². The number of carbonyl (C=O) groups excluding carboxylic acids is 2. The number of carbonyl (C=O) groups is 2. The van der Waals surface area contributed by atoms with Crippen LogP contribution in [0.4, 0.5) is 0 Å². The van der Waals surface area contributed by atoms with Crippen molar-refractivity contribution < 1.29 is 14.3 Å². The van der Waals surface area contributed by atoms with E-state index in [-0.39, 0.29) is 17.9 Å². The molecule has 0 radical (unpaired) electrons. The fraction of sp³-hybridized carbons (Fsp3) is 0.381. The lowest BCUT2D eigenvalue weighted by molar-refractivity contribution is 0.0937. The Morgan fingerprint density at radius 2 is 1.85 bits per heavy atom. The Morgan fingerprint density at radius 1 is 1.11 bits per heavy atom. The van der Waals surface area contributed by atoms with Crippen molar-refractivity contribution in [2.75, 3.05) is 13.7 Å². The number of aromatic nitrogens is 1. The molecule has 0 atom stereocenters. The molecule has 27 heavy (non-hydrogen) atoms. The summed E-state index contributed by atoms with van der Waals surface area (Å²) in [5.41, 5.74) is 1.89. The molecule has 1 aliphatic rings. The molecule has 2 N–H and O–H groups in total. The van der Waals surface area contributed by atoms with Crippen LogP contribution >= 0.6 is 0 Å². The molecule has 0 aliphatic heterocycles. The van der Waals surface area contributed by atoms with E-state index in [0.717, 1.165) is 37.0 Å². The average Bonchev–Trinajstić information content (AvgIpc) is 3.21. The monoisotopic (exact) mass is 367 g/mol. The van der Waals surface area contributed by atoms with Gasteiger partial charge in [0.2, 0.25) is 0 Å². The number of hydrogen-bond acceptors (Lipinski definition) is 4. The molecule has 1 fully saturated rings. The zero-order valence-electron chi connectivity index (χ0n) is 15.5. The minimum Gasteiger partial charge on any atom is -0.497 e. The average molecular weight is 367 g/mol. The van der Waals surface area contributed by atoms with Crippen molar-refractivity contribution in [1.82, 2.24) is 15.6 Å². The Morgan fingerprint density at radius 3 is 2.59 bits per heavy atom. The number of hydrogen-bond donors (Lipinski definition) is 2. The van der Waals surface area contributed by atoms with Gasteiger partial charge in [-0.25, -0.2) is 0 Å².